The van der Waals surface area contributed by atoms with E-state index in [4.69, 9.17) is 4.52 Å². The Labute approximate surface area is 221 Å². The van der Waals surface area contributed by atoms with E-state index in [1.54, 1.807) is 6.20 Å². The van der Waals surface area contributed by atoms with Crippen molar-refractivity contribution in [2.75, 3.05) is 5.32 Å². The third-order valence-corrected chi connectivity index (χ3v) is 7.30. The number of hydrogen-bond acceptors (Lipinski definition) is 5. The molecule has 6 heteroatoms. The quantitative estimate of drug-likeness (QED) is 0.239. The summed E-state index contributed by atoms with van der Waals surface area (Å²) >= 11 is 0. The minimum absolute atomic E-state index is 0.655. The minimum Gasteiger partial charge on any atom is -0.481 e. The van der Waals surface area contributed by atoms with Crippen molar-refractivity contribution in [3.63, 3.8) is 0 Å². The van der Waals surface area contributed by atoms with E-state index < -0.39 is 11.4 Å². The molecule has 1 saturated carbocycles. The molecule has 0 atom stereocenters. The van der Waals surface area contributed by atoms with Crippen LogP contribution < -0.4 is 5.32 Å². The third-order valence-electron chi connectivity index (χ3n) is 7.30. The summed E-state index contributed by atoms with van der Waals surface area (Å²) in [6, 6.07) is 26.4. The molecule has 1 aliphatic rings. The van der Waals surface area contributed by atoms with E-state index in [1.165, 1.54) is 5.56 Å². The van der Waals surface area contributed by atoms with E-state index in [1.807, 2.05) is 67.7 Å². The van der Waals surface area contributed by atoms with Gasteiger partial charge in [-0.25, -0.2) is 0 Å². The maximum absolute atomic E-state index is 11.6. The van der Waals surface area contributed by atoms with Crippen molar-refractivity contribution in [3.8, 4) is 33.6 Å². The molecule has 0 bridgehead atoms. The van der Waals surface area contributed by atoms with Crippen LogP contribution in [-0.4, -0.2) is 21.2 Å². The lowest BCUT2D eigenvalue weighted by Gasteiger charge is -2.11. The second kappa shape index (κ2) is 9.30. The highest BCUT2D eigenvalue weighted by atomic mass is 16.5. The van der Waals surface area contributed by atoms with Gasteiger partial charge in [0.25, 0.3) is 0 Å². The number of anilines is 2. The fraction of sp³-hybridized carbons (Fsp3) is 0.156. The van der Waals surface area contributed by atoms with Crippen molar-refractivity contribution in [1.29, 1.82) is 0 Å². The lowest BCUT2D eigenvalue weighted by atomic mass is 9.93. The maximum Gasteiger partial charge on any atom is 0.314 e. The van der Waals surface area contributed by atoms with E-state index in [9.17, 15) is 9.90 Å². The summed E-state index contributed by atoms with van der Waals surface area (Å²) in [6.07, 6.45) is 5.06. The summed E-state index contributed by atoms with van der Waals surface area (Å²) in [6.45, 7) is 3.99. The number of nitrogens with one attached hydrogen (secondary N) is 1. The van der Waals surface area contributed by atoms with Crippen LogP contribution in [0.4, 0.5) is 11.4 Å². The number of carboxylic acid groups (broad SMARTS) is 1. The zero-order chi connectivity index (χ0) is 26.3. The van der Waals surface area contributed by atoms with E-state index in [0.29, 0.717) is 18.6 Å². The van der Waals surface area contributed by atoms with E-state index in [0.717, 1.165) is 50.4 Å². The monoisotopic (exact) mass is 501 g/mol. The van der Waals surface area contributed by atoms with Crippen molar-refractivity contribution in [2.45, 2.75) is 32.1 Å². The first kappa shape index (κ1) is 23.7. The first-order valence-corrected chi connectivity index (χ1v) is 12.6. The second-order valence-corrected chi connectivity index (χ2v) is 9.97. The topological polar surface area (TPSA) is 88.3 Å². The number of carbonyl (C=O) groups is 1. The van der Waals surface area contributed by atoms with Gasteiger partial charge in [-0.05, 0) is 55.0 Å². The van der Waals surface area contributed by atoms with Crippen LogP contribution >= 0.6 is 0 Å². The minimum atomic E-state index is -0.737. The molecule has 3 aromatic carbocycles. The molecule has 0 saturated heterocycles. The molecule has 6 nitrogen and oxygen atoms in total. The fourth-order valence-electron chi connectivity index (χ4n) is 4.90. The number of aromatic nitrogens is 2. The van der Waals surface area contributed by atoms with Gasteiger partial charge in [0.2, 0.25) is 0 Å². The highest BCUT2D eigenvalue weighted by Crippen LogP contribution is 2.48. The number of hydrogen-bond donors (Lipinski definition) is 2. The van der Waals surface area contributed by atoms with Crippen LogP contribution in [-0.2, 0) is 10.2 Å². The molecule has 1 aliphatic carbocycles. The Morgan fingerprint density at radius 2 is 1.53 bits per heavy atom. The summed E-state index contributed by atoms with van der Waals surface area (Å²) in [4.78, 5) is 16.1. The molecule has 188 valence electrons. The number of rotatable bonds is 7. The van der Waals surface area contributed by atoms with Crippen LogP contribution in [0.5, 0.6) is 0 Å². The second-order valence-electron chi connectivity index (χ2n) is 9.97. The lowest BCUT2D eigenvalue weighted by molar-refractivity contribution is -0.140. The first-order chi connectivity index (χ1) is 18.4. The molecule has 2 aromatic heterocycles. The average Bonchev–Trinajstić information content (AvgIpc) is 3.68. The van der Waals surface area contributed by atoms with Gasteiger partial charge in [-0.2, -0.15) is 0 Å². The molecule has 6 rings (SSSR count). The number of benzene rings is 3. The van der Waals surface area contributed by atoms with Crippen molar-refractivity contribution in [1.82, 2.24) is 10.1 Å². The predicted octanol–water partition coefficient (Wildman–Crippen LogP) is 7.55. The largest absolute Gasteiger partial charge is 0.481 e. The number of carboxylic acids is 1. The molecule has 0 aliphatic heterocycles. The Morgan fingerprint density at radius 3 is 2.18 bits per heavy atom. The molecular weight excluding hydrogens is 474 g/mol. The van der Waals surface area contributed by atoms with Gasteiger partial charge >= 0.3 is 5.97 Å². The Bertz CT molecular complexity index is 1630. The number of aliphatic carboxylic acids is 1. The van der Waals surface area contributed by atoms with E-state index >= 15 is 0 Å². The summed E-state index contributed by atoms with van der Waals surface area (Å²) < 4.78 is 5.72. The summed E-state index contributed by atoms with van der Waals surface area (Å²) in [5.74, 6) is -0.0819. The molecule has 0 radical (unpaired) electrons. The van der Waals surface area contributed by atoms with Gasteiger partial charge in [-0.15, -0.1) is 0 Å². The Morgan fingerprint density at radius 1 is 0.842 bits per heavy atom. The van der Waals surface area contributed by atoms with Crippen LogP contribution in [0.15, 0.2) is 95.8 Å². The first-order valence-electron chi connectivity index (χ1n) is 12.6. The highest BCUT2D eigenvalue weighted by Gasteiger charge is 2.51. The van der Waals surface area contributed by atoms with Crippen LogP contribution in [0.1, 0.15) is 29.7 Å². The van der Waals surface area contributed by atoms with E-state index in [2.05, 4.69) is 46.6 Å². The van der Waals surface area contributed by atoms with Crippen LogP contribution in [0.25, 0.3) is 33.6 Å². The van der Waals surface area contributed by atoms with Gasteiger partial charge < -0.3 is 14.9 Å². The zero-order valence-corrected chi connectivity index (χ0v) is 21.2. The standard InChI is InChI=1S/C32H27N3O3/c1-20-4-3-5-25(16-20)26-17-28(19-33-18-26)34-29-21(2)35-38-30(29)24-8-6-22(7-9-24)23-10-12-27(13-11-23)32(14-15-32)31(36)37/h3-13,16-19,34H,14-15H2,1-2H3,(H,36,37). The van der Waals surface area contributed by atoms with Crippen LogP contribution in [0.3, 0.4) is 0 Å². The Kier molecular flexibility index (Phi) is 5.80. The molecule has 0 spiro atoms. The number of pyridine rings is 1. The van der Waals surface area contributed by atoms with Gasteiger partial charge in [-0.1, -0.05) is 83.5 Å². The van der Waals surface area contributed by atoms with Gasteiger partial charge in [0.1, 0.15) is 11.4 Å². The zero-order valence-electron chi connectivity index (χ0n) is 21.2. The predicted molar refractivity (Wildman–Crippen MR) is 148 cm³/mol. The average molecular weight is 502 g/mol. The molecule has 1 fully saturated rings. The molecule has 0 unspecified atom stereocenters. The lowest BCUT2D eigenvalue weighted by Crippen LogP contribution is -2.19. The maximum atomic E-state index is 11.6. The van der Waals surface area contributed by atoms with Gasteiger partial charge in [0, 0.05) is 17.3 Å². The molecule has 0 amide bonds. The van der Waals surface area contributed by atoms with Crippen molar-refractivity contribution < 1.29 is 14.4 Å². The SMILES string of the molecule is Cc1cccc(-c2cncc(Nc3c(C)noc3-c3ccc(-c4ccc(C5(C(=O)O)CC5)cc4)cc3)c2)c1. The molecule has 5 aromatic rings. The molecular formula is C32H27N3O3. The van der Waals surface area contributed by atoms with Gasteiger partial charge in [0.15, 0.2) is 5.76 Å². The highest BCUT2D eigenvalue weighted by molar-refractivity contribution is 5.85. The van der Waals surface area contributed by atoms with E-state index in [-0.39, 0.29) is 0 Å². The molecule has 2 heterocycles. The fourth-order valence-corrected chi connectivity index (χ4v) is 4.90. The van der Waals surface area contributed by atoms with Gasteiger partial charge in [0.05, 0.1) is 17.3 Å². The van der Waals surface area contributed by atoms with Crippen molar-refractivity contribution in [2.24, 2.45) is 0 Å². The van der Waals surface area contributed by atoms with Crippen LogP contribution in [0.2, 0.25) is 0 Å². The van der Waals surface area contributed by atoms with Crippen LogP contribution in [0, 0.1) is 13.8 Å². The Balaban J connectivity index is 1.24. The summed E-state index contributed by atoms with van der Waals surface area (Å²) in [7, 11) is 0. The summed E-state index contributed by atoms with van der Waals surface area (Å²) in [5.41, 5.74) is 8.91. The third kappa shape index (κ3) is 4.34. The summed E-state index contributed by atoms with van der Waals surface area (Å²) in [5, 5.41) is 17.2. The van der Waals surface area contributed by atoms with Crippen molar-refractivity contribution in [3.05, 3.63) is 108 Å². The Hall–Kier alpha value is -4.71. The molecule has 2 N–H and O–H groups in total. The smallest absolute Gasteiger partial charge is 0.314 e. The van der Waals surface area contributed by atoms with Crippen molar-refractivity contribution >= 4 is 17.3 Å². The number of aryl methyl sites for hydroxylation is 2. The number of nitrogens with zero attached hydrogens (tertiary/aromatic N) is 2. The molecule has 38 heavy (non-hydrogen) atoms. The van der Waals surface area contributed by atoms with Gasteiger partial charge in [-0.3, -0.25) is 9.78 Å². The normalized spacial score (nSPS) is 13.7.